The molecular formula is C12H15F3N2O2S. The van der Waals surface area contributed by atoms with Crippen LogP contribution in [0.5, 0.6) is 0 Å². The van der Waals surface area contributed by atoms with Gasteiger partial charge in [0.1, 0.15) is 10.7 Å². The SMILES string of the molecule is NCC1CCCC1NS(=O)(=O)c1cc(F)c(F)cc1F. The minimum atomic E-state index is -4.24. The fourth-order valence-electron chi connectivity index (χ4n) is 2.45. The second kappa shape index (κ2) is 5.71. The summed E-state index contributed by atoms with van der Waals surface area (Å²) < 4.78 is 65.9. The van der Waals surface area contributed by atoms with E-state index in [1.165, 1.54) is 0 Å². The Hall–Kier alpha value is -1.12. The van der Waals surface area contributed by atoms with Gasteiger partial charge in [-0.3, -0.25) is 0 Å². The third kappa shape index (κ3) is 2.97. The number of nitrogens with one attached hydrogen (secondary N) is 1. The first kappa shape index (κ1) is 15.3. The first-order chi connectivity index (χ1) is 9.35. The molecule has 0 saturated heterocycles. The van der Waals surface area contributed by atoms with E-state index >= 15 is 0 Å². The van der Waals surface area contributed by atoms with Crippen LogP contribution in [-0.4, -0.2) is 21.0 Å². The van der Waals surface area contributed by atoms with Gasteiger partial charge in [-0.2, -0.15) is 0 Å². The van der Waals surface area contributed by atoms with Crippen molar-refractivity contribution in [2.75, 3.05) is 6.54 Å². The smallest absolute Gasteiger partial charge is 0.243 e. The van der Waals surface area contributed by atoms with Gasteiger partial charge in [-0.1, -0.05) is 6.42 Å². The first-order valence-electron chi connectivity index (χ1n) is 6.22. The molecule has 1 aromatic carbocycles. The van der Waals surface area contributed by atoms with Crippen LogP contribution in [0, 0.1) is 23.4 Å². The molecule has 1 saturated carbocycles. The number of hydrogen-bond acceptors (Lipinski definition) is 3. The Labute approximate surface area is 115 Å². The van der Waals surface area contributed by atoms with Crippen LogP contribution in [0.2, 0.25) is 0 Å². The van der Waals surface area contributed by atoms with Crippen molar-refractivity contribution in [3.8, 4) is 0 Å². The molecular weight excluding hydrogens is 293 g/mol. The molecule has 0 amide bonds. The van der Waals surface area contributed by atoms with Gasteiger partial charge in [0.2, 0.25) is 10.0 Å². The summed E-state index contributed by atoms with van der Waals surface area (Å²) in [5.74, 6) is -4.19. The van der Waals surface area contributed by atoms with Gasteiger partial charge in [0.15, 0.2) is 11.6 Å². The molecule has 112 valence electrons. The minimum Gasteiger partial charge on any atom is -0.330 e. The van der Waals surface area contributed by atoms with E-state index in [-0.39, 0.29) is 12.0 Å². The Morgan fingerprint density at radius 1 is 1.15 bits per heavy atom. The van der Waals surface area contributed by atoms with E-state index < -0.39 is 38.4 Å². The van der Waals surface area contributed by atoms with Crippen molar-refractivity contribution in [2.24, 2.45) is 11.7 Å². The van der Waals surface area contributed by atoms with Crippen LogP contribution in [0.25, 0.3) is 0 Å². The molecule has 3 N–H and O–H groups in total. The highest BCUT2D eigenvalue weighted by atomic mass is 32.2. The number of nitrogens with two attached hydrogens (primary N) is 1. The van der Waals surface area contributed by atoms with Crippen molar-refractivity contribution in [3.63, 3.8) is 0 Å². The second-order valence-electron chi connectivity index (χ2n) is 4.85. The van der Waals surface area contributed by atoms with E-state index in [4.69, 9.17) is 5.73 Å². The number of benzene rings is 1. The van der Waals surface area contributed by atoms with Gasteiger partial charge in [0, 0.05) is 12.1 Å². The van der Waals surface area contributed by atoms with Gasteiger partial charge in [-0.15, -0.1) is 0 Å². The standard InChI is InChI=1S/C12H15F3N2O2S/c13-8-4-10(15)12(5-9(8)14)20(18,19)17-11-3-1-2-7(11)6-16/h4-5,7,11,17H,1-3,6,16H2. The highest BCUT2D eigenvalue weighted by Gasteiger charge is 2.32. The number of halogens is 3. The fourth-order valence-corrected chi connectivity index (χ4v) is 3.86. The Morgan fingerprint density at radius 2 is 1.80 bits per heavy atom. The van der Waals surface area contributed by atoms with E-state index in [1.807, 2.05) is 0 Å². The van der Waals surface area contributed by atoms with Gasteiger partial charge >= 0.3 is 0 Å². The minimum absolute atomic E-state index is 0.0295. The molecule has 0 bridgehead atoms. The number of sulfonamides is 1. The molecule has 0 radical (unpaired) electrons. The molecule has 0 aliphatic heterocycles. The molecule has 20 heavy (non-hydrogen) atoms. The van der Waals surface area contributed by atoms with Crippen LogP contribution in [0.15, 0.2) is 17.0 Å². The molecule has 0 heterocycles. The van der Waals surface area contributed by atoms with Crippen LogP contribution in [-0.2, 0) is 10.0 Å². The summed E-state index contributed by atoms with van der Waals surface area (Å²) in [6.45, 7) is 0.313. The Bertz CT molecular complexity index is 607. The fraction of sp³-hybridized carbons (Fsp3) is 0.500. The lowest BCUT2D eigenvalue weighted by Gasteiger charge is -2.19. The average molecular weight is 308 g/mol. The molecule has 8 heteroatoms. The molecule has 0 aromatic heterocycles. The topological polar surface area (TPSA) is 72.2 Å². The van der Waals surface area contributed by atoms with Crippen LogP contribution >= 0.6 is 0 Å². The van der Waals surface area contributed by atoms with Crippen LogP contribution in [0.3, 0.4) is 0 Å². The molecule has 1 aliphatic carbocycles. The van der Waals surface area contributed by atoms with Crippen LogP contribution in [0.1, 0.15) is 19.3 Å². The quantitative estimate of drug-likeness (QED) is 0.828. The van der Waals surface area contributed by atoms with Crippen molar-refractivity contribution in [1.29, 1.82) is 0 Å². The second-order valence-corrected chi connectivity index (χ2v) is 6.53. The highest BCUT2D eigenvalue weighted by molar-refractivity contribution is 7.89. The van der Waals surface area contributed by atoms with Gasteiger partial charge in [-0.25, -0.2) is 26.3 Å². The summed E-state index contributed by atoms with van der Waals surface area (Å²) >= 11 is 0. The van der Waals surface area contributed by atoms with E-state index in [0.717, 1.165) is 12.8 Å². The molecule has 1 fully saturated rings. The average Bonchev–Trinajstić information content (AvgIpc) is 2.80. The largest absolute Gasteiger partial charge is 0.330 e. The van der Waals surface area contributed by atoms with E-state index in [0.29, 0.717) is 19.0 Å². The van der Waals surface area contributed by atoms with Crippen molar-refractivity contribution in [3.05, 3.63) is 29.6 Å². The monoisotopic (exact) mass is 308 g/mol. The normalized spacial score (nSPS) is 23.2. The number of rotatable bonds is 4. The molecule has 2 atom stereocenters. The zero-order valence-electron chi connectivity index (χ0n) is 10.6. The van der Waals surface area contributed by atoms with Crippen LogP contribution < -0.4 is 10.5 Å². The lowest BCUT2D eigenvalue weighted by molar-refractivity contribution is 0.448. The molecule has 1 aromatic rings. The van der Waals surface area contributed by atoms with Crippen molar-refractivity contribution >= 4 is 10.0 Å². The Balaban J connectivity index is 2.29. The summed E-state index contributed by atoms with van der Waals surface area (Å²) in [7, 11) is -4.24. The first-order valence-corrected chi connectivity index (χ1v) is 7.70. The van der Waals surface area contributed by atoms with Crippen molar-refractivity contribution < 1.29 is 21.6 Å². The predicted molar refractivity (Wildman–Crippen MR) is 66.8 cm³/mol. The molecule has 2 unspecified atom stereocenters. The lowest BCUT2D eigenvalue weighted by Crippen LogP contribution is -2.40. The molecule has 2 rings (SSSR count). The molecule has 0 spiro atoms. The maximum Gasteiger partial charge on any atom is 0.243 e. The summed E-state index contributed by atoms with van der Waals surface area (Å²) in [5, 5.41) is 0. The molecule has 4 nitrogen and oxygen atoms in total. The van der Waals surface area contributed by atoms with Crippen molar-refractivity contribution in [2.45, 2.75) is 30.2 Å². The molecule has 1 aliphatic rings. The van der Waals surface area contributed by atoms with Gasteiger partial charge < -0.3 is 5.73 Å². The van der Waals surface area contributed by atoms with E-state index in [1.54, 1.807) is 0 Å². The maximum absolute atomic E-state index is 13.5. The van der Waals surface area contributed by atoms with Crippen molar-refractivity contribution in [1.82, 2.24) is 4.72 Å². The Morgan fingerprint density at radius 3 is 2.45 bits per heavy atom. The highest BCUT2D eigenvalue weighted by Crippen LogP contribution is 2.27. The van der Waals surface area contributed by atoms with Gasteiger partial charge in [-0.05, 0) is 31.4 Å². The maximum atomic E-state index is 13.5. The zero-order valence-corrected chi connectivity index (χ0v) is 11.4. The van der Waals surface area contributed by atoms with Gasteiger partial charge in [0.05, 0.1) is 0 Å². The summed E-state index contributed by atoms with van der Waals surface area (Å²) in [6, 6.07) is 0.163. The summed E-state index contributed by atoms with van der Waals surface area (Å²) in [6.07, 6.45) is 2.19. The zero-order chi connectivity index (χ0) is 14.9. The third-order valence-electron chi connectivity index (χ3n) is 3.53. The Kier molecular flexibility index (Phi) is 4.36. The van der Waals surface area contributed by atoms with Crippen LogP contribution in [0.4, 0.5) is 13.2 Å². The lowest BCUT2D eigenvalue weighted by atomic mass is 10.1. The van der Waals surface area contributed by atoms with E-state index in [2.05, 4.69) is 4.72 Å². The number of hydrogen-bond donors (Lipinski definition) is 2. The third-order valence-corrected chi connectivity index (χ3v) is 5.04. The van der Waals surface area contributed by atoms with E-state index in [9.17, 15) is 21.6 Å². The predicted octanol–water partition coefficient (Wildman–Crippen LogP) is 1.51. The summed E-state index contributed by atoms with van der Waals surface area (Å²) in [5.41, 5.74) is 5.54. The summed E-state index contributed by atoms with van der Waals surface area (Å²) in [4.78, 5) is -0.890. The van der Waals surface area contributed by atoms with Gasteiger partial charge in [0.25, 0.3) is 0 Å².